The van der Waals surface area contributed by atoms with Gasteiger partial charge in [-0.2, -0.15) is 0 Å². The van der Waals surface area contributed by atoms with Gasteiger partial charge < -0.3 is 4.74 Å². The zero-order chi connectivity index (χ0) is 20.7. The largest absolute Gasteiger partial charge is 0.483 e. The number of amides is 2. The SMILES string of the molecule is Cc1ccc(OCC(=O)NNC(=S)NC(=O)c2ccc(C(C)C)cc2)c(Br)c1. The molecule has 0 spiro atoms. The van der Waals surface area contributed by atoms with Gasteiger partial charge in [0.15, 0.2) is 11.7 Å². The Morgan fingerprint density at radius 2 is 1.79 bits per heavy atom. The fourth-order valence-corrected chi connectivity index (χ4v) is 3.01. The number of hydrogen-bond donors (Lipinski definition) is 3. The number of benzene rings is 2. The van der Waals surface area contributed by atoms with Gasteiger partial charge in [0.2, 0.25) is 0 Å². The Morgan fingerprint density at radius 3 is 2.39 bits per heavy atom. The third-order valence-corrected chi connectivity index (χ3v) is 4.65. The van der Waals surface area contributed by atoms with E-state index in [0.29, 0.717) is 17.2 Å². The van der Waals surface area contributed by atoms with Crippen molar-refractivity contribution in [3.63, 3.8) is 0 Å². The van der Waals surface area contributed by atoms with Crippen molar-refractivity contribution in [1.82, 2.24) is 16.2 Å². The van der Waals surface area contributed by atoms with Crippen LogP contribution in [0.5, 0.6) is 5.75 Å². The molecule has 2 rings (SSSR count). The first-order valence-electron chi connectivity index (χ1n) is 8.65. The van der Waals surface area contributed by atoms with Crippen molar-refractivity contribution >= 4 is 45.1 Å². The second-order valence-electron chi connectivity index (χ2n) is 6.46. The van der Waals surface area contributed by atoms with Crippen molar-refractivity contribution in [2.24, 2.45) is 0 Å². The predicted molar refractivity (Wildman–Crippen MR) is 116 cm³/mol. The van der Waals surface area contributed by atoms with E-state index in [9.17, 15) is 9.59 Å². The smallest absolute Gasteiger partial charge is 0.276 e. The Bertz CT molecular complexity index is 869. The standard InChI is InChI=1S/C20H22BrN3O3S/c1-12(2)14-5-7-15(8-6-14)19(26)22-20(28)24-23-18(25)11-27-17-9-4-13(3)10-16(17)21/h4-10,12H,11H2,1-3H3,(H,23,25)(H2,22,24,26,28). The van der Waals surface area contributed by atoms with Gasteiger partial charge in [-0.25, -0.2) is 0 Å². The first-order valence-corrected chi connectivity index (χ1v) is 9.85. The summed E-state index contributed by atoms with van der Waals surface area (Å²) in [6, 6.07) is 12.8. The lowest BCUT2D eigenvalue weighted by molar-refractivity contribution is -0.123. The summed E-state index contributed by atoms with van der Waals surface area (Å²) in [5, 5.41) is 2.50. The maximum absolute atomic E-state index is 12.2. The van der Waals surface area contributed by atoms with Crippen LogP contribution in [0.2, 0.25) is 0 Å². The van der Waals surface area contributed by atoms with Gasteiger partial charge in [0.25, 0.3) is 11.8 Å². The fraction of sp³-hybridized carbons (Fsp3) is 0.250. The van der Waals surface area contributed by atoms with Crippen molar-refractivity contribution < 1.29 is 14.3 Å². The summed E-state index contributed by atoms with van der Waals surface area (Å²) in [7, 11) is 0. The van der Waals surface area contributed by atoms with Crippen molar-refractivity contribution in [1.29, 1.82) is 0 Å². The number of ether oxygens (including phenoxy) is 1. The van der Waals surface area contributed by atoms with Crippen LogP contribution in [0.1, 0.15) is 41.3 Å². The van der Waals surface area contributed by atoms with Gasteiger partial charge in [-0.05, 0) is 76.4 Å². The van der Waals surface area contributed by atoms with E-state index in [0.717, 1.165) is 15.6 Å². The van der Waals surface area contributed by atoms with Crippen LogP contribution in [0.15, 0.2) is 46.9 Å². The van der Waals surface area contributed by atoms with E-state index in [4.69, 9.17) is 17.0 Å². The summed E-state index contributed by atoms with van der Waals surface area (Å²) < 4.78 is 6.20. The zero-order valence-corrected chi connectivity index (χ0v) is 18.2. The number of hydrazine groups is 1. The minimum absolute atomic E-state index is 0.0113. The van der Waals surface area contributed by atoms with Crippen LogP contribution in [0.3, 0.4) is 0 Å². The van der Waals surface area contributed by atoms with Crippen molar-refractivity contribution in [3.8, 4) is 5.75 Å². The molecular weight excluding hydrogens is 442 g/mol. The molecule has 0 aliphatic rings. The number of rotatable bonds is 5. The molecule has 0 heterocycles. The van der Waals surface area contributed by atoms with Crippen molar-refractivity contribution in [2.75, 3.05) is 6.61 Å². The Kier molecular flexibility index (Phi) is 7.95. The molecular formula is C20H22BrN3O3S. The molecule has 0 unspecified atom stereocenters. The minimum Gasteiger partial charge on any atom is -0.483 e. The number of hydrogen-bond acceptors (Lipinski definition) is 4. The number of halogens is 1. The molecule has 2 aromatic rings. The quantitative estimate of drug-likeness (QED) is 0.466. The monoisotopic (exact) mass is 463 g/mol. The third-order valence-electron chi connectivity index (χ3n) is 3.83. The Balaban J connectivity index is 1.76. The first kappa shape index (κ1) is 21.8. The topological polar surface area (TPSA) is 79.5 Å². The maximum atomic E-state index is 12.2. The second kappa shape index (κ2) is 10.2. The van der Waals surface area contributed by atoms with Crippen LogP contribution >= 0.6 is 28.1 Å². The van der Waals surface area contributed by atoms with Crippen molar-refractivity contribution in [2.45, 2.75) is 26.7 Å². The Morgan fingerprint density at radius 1 is 1.11 bits per heavy atom. The number of carbonyl (C=O) groups is 2. The van der Waals surface area contributed by atoms with Gasteiger partial charge in [0, 0.05) is 5.56 Å². The molecule has 0 aromatic heterocycles. The van der Waals surface area contributed by atoms with Crippen LogP contribution in [0, 0.1) is 6.92 Å². The van der Waals surface area contributed by atoms with E-state index < -0.39 is 5.91 Å². The summed E-state index contributed by atoms with van der Waals surface area (Å²) in [6.45, 7) is 5.91. The molecule has 8 heteroatoms. The van der Waals surface area contributed by atoms with E-state index in [-0.39, 0.29) is 17.6 Å². The summed E-state index contributed by atoms with van der Waals surface area (Å²) in [5.41, 5.74) is 7.56. The minimum atomic E-state index is -0.439. The molecule has 148 valence electrons. The lowest BCUT2D eigenvalue weighted by atomic mass is 10.0. The summed E-state index contributed by atoms with van der Waals surface area (Å²) in [4.78, 5) is 24.0. The highest BCUT2D eigenvalue weighted by molar-refractivity contribution is 9.10. The summed E-state index contributed by atoms with van der Waals surface area (Å²) in [5.74, 6) is 0.145. The van der Waals surface area contributed by atoms with Crippen LogP contribution in [0.25, 0.3) is 0 Å². The van der Waals surface area contributed by atoms with Gasteiger partial charge >= 0.3 is 0 Å². The number of aryl methyl sites for hydroxylation is 1. The highest BCUT2D eigenvalue weighted by Gasteiger charge is 2.10. The third kappa shape index (κ3) is 6.61. The second-order valence-corrected chi connectivity index (χ2v) is 7.72. The highest BCUT2D eigenvalue weighted by atomic mass is 79.9. The van der Waals surface area contributed by atoms with Gasteiger partial charge in [0.05, 0.1) is 4.47 Å². The van der Waals surface area contributed by atoms with Gasteiger partial charge in [-0.1, -0.05) is 32.0 Å². The Labute approximate surface area is 178 Å². The maximum Gasteiger partial charge on any atom is 0.276 e. The fourth-order valence-electron chi connectivity index (χ4n) is 2.25. The summed E-state index contributed by atoms with van der Waals surface area (Å²) >= 11 is 8.40. The molecule has 2 amide bonds. The van der Waals surface area contributed by atoms with E-state index >= 15 is 0 Å². The molecule has 2 aromatic carbocycles. The molecule has 0 saturated heterocycles. The Hall–Kier alpha value is -2.45. The normalized spacial score (nSPS) is 10.3. The molecule has 0 fully saturated rings. The van der Waals surface area contributed by atoms with E-state index in [2.05, 4.69) is 45.9 Å². The lowest BCUT2D eigenvalue weighted by Crippen LogP contribution is -2.49. The molecule has 3 N–H and O–H groups in total. The molecule has 28 heavy (non-hydrogen) atoms. The highest BCUT2D eigenvalue weighted by Crippen LogP contribution is 2.25. The van der Waals surface area contributed by atoms with E-state index in [1.54, 1.807) is 18.2 Å². The van der Waals surface area contributed by atoms with Gasteiger partial charge in [0.1, 0.15) is 5.75 Å². The van der Waals surface area contributed by atoms with Crippen LogP contribution in [-0.2, 0) is 4.79 Å². The van der Waals surface area contributed by atoms with Crippen LogP contribution in [-0.4, -0.2) is 23.5 Å². The number of thiocarbonyl (C=S) groups is 1. The molecule has 0 radical (unpaired) electrons. The lowest BCUT2D eigenvalue weighted by Gasteiger charge is -2.12. The average molecular weight is 464 g/mol. The van der Waals surface area contributed by atoms with Crippen LogP contribution < -0.4 is 20.9 Å². The average Bonchev–Trinajstić information content (AvgIpc) is 2.65. The predicted octanol–water partition coefficient (Wildman–Crippen LogP) is 3.60. The number of nitrogens with one attached hydrogen (secondary N) is 3. The van der Waals surface area contributed by atoms with Gasteiger partial charge in [-0.3, -0.25) is 25.8 Å². The van der Waals surface area contributed by atoms with Gasteiger partial charge in [-0.15, -0.1) is 0 Å². The van der Waals surface area contributed by atoms with Crippen molar-refractivity contribution in [3.05, 3.63) is 63.6 Å². The molecule has 0 aliphatic carbocycles. The molecule has 6 nitrogen and oxygen atoms in total. The molecule has 0 aliphatic heterocycles. The van der Waals surface area contributed by atoms with Crippen LogP contribution in [0.4, 0.5) is 0 Å². The van der Waals surface area contributed by atoms with E-state index in [1.807, 2.05) is 31.2 Å². The number of carbonyl (C=O) groups excluding carboxylic acids is 2. The van der Waals surface area contributed by atoms with E-state index in [1.165, 1.54) is 0 Å². The summed E-state index contributed by atoms with van der Waals surface area (Å²) in [6.07, 6.45) is 0. The first-order chi connectivity index (χ1) is 13.3. The zero-order valence-electron chi connectivity index (χ0n) is 15.8. The molecule has 0 atom stereocenters. The molecule has 0 bridgehead atoms. The molecule has 0 saturated carbocycles.